The fourth-order valence-electron chi connectivity index (χ4n) is 1.56. The molecule has 0 saturated heterocycles. The van der Waals surface area contributed by atoms with Gasteiger partial charge in [-0.25, -0.2) is 4.39 Å². The van der Waals surface area contributed by atoms with E-state index < -0.39 is 0 Å². The third-order valence-electron chi connectivity index (χ3n) is 2.47. The molecule has 1 N–H and O–H groups in total. The fourth-order valence-corrected chi connectivity index (χ4v) is 2.59. The van der Waals surface area contributed by atoms with E-state index in [1.54, 1.807) is 6.07 Å². The second-order valence-electron chi connectivity index (χ2n) is 3.65. The van der Waals surface area contributed by atoms with Crippen molar-refractivity contribution in [1.29, 1.82) is 0 Å². The molecule has 0 aliphatic carbocycles. The fraction of sp³-hybridized carbons (Fsp3) is 0.143. The summed E-state index contributed by atoms with van der Waals surface area (Å²) in [5.41, 5.74) is 1.57. The third kappa shape index (κ3) is 3.08. The van der Waals surface area contributed by atoms with E-state index in [2.05, 4.69) is 0 Å². The Bertz CT molecular complexity index is 485. The number of rotatable bonds is 4. The molecule has 0 fully saturated rings. The topological polar surface area (TPSA) is 20.2 Å². The van der Waals surface area contributed by atoms with Gasteiger partial charge in [0.25, 0.3) is 0 Å². The second-order valence-corrected chi connectivity index (χ2v) is 4.67. The van der Waals surface area contributed by atoms with Gasteiger partial charge in [-0.3, -0.25) is 0 Å². The van der Waals surface area contributed by atoms with E-state index in [0.717, 1.165) is 10.6 Å². The molecule has 88 valence electrons. The SMILES string of the molecule is OCc1c(F)cccc1SCc1ccccc1. The standard InChI is InChI=1S/C14H13FOS/c15-13-7-4-8-14(12(13)9-16)17-10-11-5-2-1-3-6-11/h1-8,16H,9-10H2. The predicted molar refractivity (Wildman–Crippen MR) is 68.3 cm³/mol. The molecule has 0 aliphatic heterocycles. The average Bonchev–Trinajstić information content (AvgIpc) is 2.37. The number of halogens is 1. The van der Waals surface area contributed by atoms with Crippen molar-refractivity contribution in [2.45, 2.75) is 17.3 Å². The number of aliphatic hydroxyl groups excluding tert-OH is 1. The number of benzene rings is 2. The lowest BCUT2D eigenvalue weighted by Crippen LogP contribution is -1.93. The Morgan fingerprint density at radius 2 is 1.76 bits per heavy atom. The molecule has 0 heterocycles. The van der Waals surface area contributed by atoms with Gasteiger partial charge in [0.05, 0.1) is 6.61 Å². The predicted octanol–water partition coefficient (Wildman–Crippen LogP) is 3.61. The molecular weight excluding hydrogens is 235 g/mol. The summed E-state index contributed by atoms with van der Waals surface area (Å²) in [7, 11) is 0. The summed E-state index contributed by atoms with van der Waals surface area (Å²) >= 11 is 1.54. The molecule has 0 unspecified atom stereocenters. The summed E-state index contributed by atoms with van der Waals surface area (Å²) in [5.74, 6) is 0.433. The minimum Gasteiger partial charge on any atom is -0.392 e. The Balaban J connectivity index is 2.12. The Kier molecular flexibility index (Phi) is 4.18. The van der Waals surface area contributed by atoms with Crippen LogP contribution in [0.15, 0.2) is 53.4 Å². The zero-order chi connectivity index (χ0) is 12.1. The van der Waals surface area contributed by atoms with Gasteiger partial charge in [-0.15, -0.1) is 11.8 Å². The highest BCUT2D eigenvalue weighted by Gasteiger charge is 2.07. The Morgan fingerprint density at radius 3 is 2.47 bits per heavy atom. The molecule has 0 radical (unpaired) electrons. The van der Waals surface area contributed by atoms with Crippen molar-refractivity contribution in [2.75, 3.05) is 0 Å². The molecule has 0 spiro atoms. The lowest BCUT2D eigenvalue weighted by Gasteiger charge is -2.07. The van der Waals surface area contributed by atoms with E-state index >= 15 is 0 Å². The third-order valence-corrected chi connectivity index (χ3v) is 3.64. The van der Waals surface area contributed by atoms with Crippen LogP contribution < -0.4 is 0 Å². The van der Waals surface area contributed by atoms with Gasteiger partial charge in [0.2, 0.25) is 0 Å². The van der Waals surface area contributed by atoms with Crippen LogP contribution in [0.25, 0.3) is 0 Å². The number of hydrogen-bond donors (Lipinski definition) is 1. The van der Waals surface area contributed by atoms with Crippen molar-refractivity contribution in [3.63, 3.8) is 0 Å². The Labute approximate surface area is 104 Å². The second kappa shape index (κ2) is 5.84. The van der Waals surface area contributed by atoms with Crippen molar-refractivity contribution in [3.05, 3.63) is 65.5 Å². The lowest BCUT2D eigenvalue weighted by molar-refractivity contribution is 0.272. The van der Waals surface area contributed by atoms with Crippen molar-refractivity contribution >= 4 is 11.8 Å². The maximum Gasteiger partial charge on any atom is 0.129 e. The van der Waals surface area contributed by atoms with E-state index in [-0.39, 0.29) is 12.4 Å². The molecule has 0 aliphatic rings. The first-order chi connectivity index (χ1) is 8.31. The van der Waals surface area contributed by atoms with Gasteiger partial charge in [-0.2, -0.15) is 0 Å². The van der Waals surface area contributed by atoms with Crippen LogP contribution in [0, 0.1) is 5.82 Å². The maximum absolute atomic E-state index is 13.4. The number of hydrogen-bond acceptors (Lipinski definition) is 2. The van der Waals surface area contributed by atoms with Crippen LogP contribution in [-0.4, -0.2) is 5.11 Å². The molecule has 0 bridgehead atoms. The summed E-state index contributed by atoms with van der Waals surface area (Å²) in [6.45, 7) is -0.260. The van der Waals surface area contributed by atoms with Crippen molar-refractivity contribution < 1.29 is 9.50 Å². The molecule has 2 aromatic carbocycles. The monoisotopic (exact) mass is 248 g/mol. The number of thioether (sulfide) groups is 1. The highest BCUT2D eigenvalue weighted by Crippen LogP contribution is 2.27. The van der Waals surface area contributed by atoms with Crippen molar-refractivity contribution in [1.82, 2.24) is 0 Å². The van der Waals surface area contributed by atoms with Crippen LogP contribution in [0.5, 0.6) is 0 Å². The van der Waals surface area contributed by atoms with Gasteiger partial charge < -0.3 is 5.11 Å². The molecule has 17 heavy (non-hydrogen) atoms. The van der Waals surface area contributed by atoms with Crippen molar-refractivity contribution in [2.24, 2.45) is 0 Å². The zero-order valence-corrected chi connectivity index (χ0v) is 10.1. The van der Waals surface area contributed by atoms with E-state index in [1.807, 2.05) is 36.4 Å². The van der Waals surface area contributed by atoms with Crippen LogP contribution in [0.2, 0.25) is 0 Å². The van der Waals surface area contributed by atoms with E-state index in [4.69, 9.17) is 5.11 Å². The first kappa shape index (κ1) is 12.1. The maximum atomic E-state index is 13.4. The largest absolute Gasteiger partial charge is 0.392 e. The molecule has 2 aromatic rings. The summed E-state index contributed by atoms with van der Waals surface area (Å²) in [4.78, 5) is 0.802. The minimum atomic E-state index is -0.342. The molecule has 0 atom stereocenters. The molecule has 0 amide bonds. The van der Waals surface area contributed by atoms with Gasteiger partial charge in [0.1, 0.15) is 5.82 Å². The zero-order valence-electron chi connectivity index (χ0n) is 9.27. The smallest absolute Gasteiger partial charge is 0.129 e. The first-order valence-corrected chi connectivity index (χ1v) is 6.35. The van der Waals surface area contributed by atoms with Crippen LogP contribution in [-0.2, 0) is 12.4 Å². The molecule has 0 saturated carbocycles. The quantitative estimate of drug-likeness (QED) is 0.834. The van der Waals surface area contributed by atoms with Gasteiger partial charge in [0.15, 0.2) is 0 Å². The van der Waals surface area contributed by atoms with E-state index in [0.29, 0.717) is 5.56 Å². The lowest BCUT2D eigenvalue weighted by atomic mass is 10.2. The van der Waals surface area contributed by atoms with E-state index in [1.165, 1.54) is 23.4 Å². The van der Waals surface area contributed by atoms with E-state index in [9.17, 15) is 4.39 Å². The molecule has 2 rings (SSSR count). The summed E-state index contributed by atoms with van der Waals surface area (Å²) in [5, 5.41) is 9.14. The summed E-state index contributed by atoms with van der Waals surface area (Å²) in [6.07, 6.45) is 0. The van der Waals surface area contributed by atoms with Crippen molar-refractivity contribution in [3.8, 4) is 0 Å². The molecule has 1 nitrogen and oxygen atoms in total. The molecule has 0 aromatic heterocycles. The first-order valence-electron chi connectivity index (χ1n) is 5.36. The van der Waals surface area contributed by atoms with Gasteiger partial charge in [0, 0.05) is 16.2 Å². The Hall–Kier alpha value is -1.32. The Morgan fingerprint density at radius 1 is 1.00 bits per heavy atom. The summed E-state index contributed by atoms with van der Waals surface area (Å²) in [6, 6.07) is 14.9. The van der Waals surface area contributed by atoms with Crippen LogP contribution in [0.3, 0.4) is 0 Å². The van der Waals surface area contributed by atoms with Gasteiger partial charge >= 0.3 is 0 Å². The molecule has 3 heteroatoms. The van der Waals surface area contributed by atoms with Crippen LogP contribution in [0.4, 0.5) is 4.39 Å². The highest BCUT2D eigenvalue weighted by molar-refractivity contribution is 7.98. The van der Waals surface area contributed by atoms with Crippen LogP contribution in [0.1, 0.15) is 11.1 Å². The van der Waals surface area contributed by atoms with Gasteiger partial charge in [-0.05, 0) is 17.7 Å². The number of aliphatic hydroxyl groups is 1. The van der Waals surface area contributed by atoms with Gasteiger partial charge in [-0.1, -0.05) is 36.4 Å². The average molecular weight is 248 g/mol. The molecular formula is C14H13FOS. The normalized spacial score (nSPS) is 10.5. The minimum absolute atomic E-state index is 0.260. The van der Waals surface area contributed by atoms with Crippen LogP contribution >= 0.6 is 11.8 Å². The highest BCUT2D eigenvalue weighted by atomic mass is 32.2. The summed E-state index contributed by atoms with van der Waals surface area (Å²) < 4.78 is 13.4.